The van der Waals surface area contributed by atoms with Gasteiger partial charge in [-0.25, -0.2) is 4.39 Å². The lowest BCUT2D eigenvalue weighted by Gasteiger charge is -2.13. The molecule has 0 N–H and O–H groups in total. The third-order valence-electron chi connectivity index (χ3n) is 2.09. The van der Waals surface area contributed by atoms with Gasteiger partial charge in [-0.3, -0.25) is 0 Å². The van der Waals surface area contributed by atoms with Crippen molar-refractivity contribution in [1.82, 2.24) is 0 Å². The summed E-state index contributed by atoms with van der Waals surface area (Å²) < 4.78 is 34.9. The summed E-state index contributed by atoms with van der Waals surface area (Å²) in [5.74, 6) is 0.0812. The molecule has 0 unspecified atom stereocenters. The zero-order valence-corrected chi connectivity index (χ0v) is 12.5. The Morgan fingerprint density at radius 1 is 1.00 bits per heavy atom. The van der Waals surface area contributed by atoms with Crippen LogP contribution in [0.25, 0.3) is 0 Å². The fraction of sp³-hybridized carbons (Fsp3) is 0.500. The molecule has 0 radical (unpaired) electrons. The van der Waals surface area contributed by atoms with Crippen LogP contribution in [0.1, 0.15) is 0 Å². The number of halogens is 2. The van der Waals surface area contributed by atoms with Crippen LogP contribution in [0.4, 0.5) is 4.39 Å². The van der Waals surface area contributed by atoms with Crippen LogP contribution in [0.2, 0.25) is 0 Å². The molecule has 0 aliphatic rings. The SMILES string of the molecule is COCCOc1ccc(I)c(F)c1OCCOC. The second kappa shape index (κ2) is 8.49. The highest BCUT2D eigenvalue weighted by molar-refractivity contribution is 14.1. The van der Waals surface area contributed by atoms with Crippen molar-refractivity contribution >= 4 is 22.6 Å². The molecule has 0 aliphatic heterocycles. The quantitative estimate of drug-likeness (QED) is 0.521. The van der Waals surface area contributed by atoms with Gasteiger partial charge in [-0.05, 0) is 34.7 Å². The van der Waals surface area contributed by atoms with Crippen LogP contribution in [0.5, 0.6) is 11.5 Å². The minimum Gasteiger partial charge on any atom is -0.487 e. The normalized spacial score (nSPS) is 10.4. The Morgan fingerprint density at radius 3 is 2.22 bits per heavy atom. The van der Waals surface area contributed by atoms with E-state index in [0.29, 0.717) is 29.1 Å². The largest absolute Gasteiger partial charge is 0.487 e. The van der Waals surface area contributed by atoms with Gasteiger partial charge in [-0.1, -0.05) is 0 Å². The molecule has 0 aliphatic carbocycles. The zero-order valence-electron chi connectivity index (χ0n) is 10.4. The molecule has 0 amide bonds. The molecule has 6 heteroatoms. The van der Waals surface area contributed by atoms with Crippen molar-refractivity contribution in [3.8, 4) is 11.5 Å². The molecule has 0 saturated heterocycles. The van der Waals surface area contributed by atoms with Crippen LogP contribution < -0.4 is 9.47 Å². The Hall–Kier alpha value is -0.600. The summed E-state index contributed by atoms with van der Waals surface area (Å²) in [4.78, 5) is 0. The summed E-state index contributed by atoms with van der Waals surface area (Å²) >= 11 is 1.91. The van der Waals surface area contributed by atoms with Crippen molar-refractivity contribution in [3.63, 3.8) is 0 Å². The van der Waals surface area contributed by atoms with Gasteiger partial charge in [0.05, 0.1) is 16.8 Å². The topological polar surface area (TPSA) is 36.9 Å². The summed E-state index contributed by atoms with van der Waals surface area (Å²) in [6, 6.07) is 3.32. The van der Waals surface area contributed by atoms with Crippen LogP contribution in [0, 0.1) is 9.39 Å². The minimum atomic E-state index is -0.415. The molecule has 1 rings (SSSR count). The summed E-state index contributed by atoms with van der Waals surface area (Å²) in [5.41, 5.74) is 0. The van der Waals surface area contributed by atoms with Crippen molar-refractivity contribution in [1.29, 1.82) is 0 Å². The van der Waals surface area contributed by atoms with Crippen molar-refractivity contribution in [2.45, 2.75) is 0 Å². The molecule has 1 aromatic rings. The molecule has 0 saturated carbocycles. The van der Waals surface area contributed by atoms with E-state index >= 15 is 0 Å². The monoisotopic (exact) mass is 370 g/mol. The van der Waals surface area contributed by atoms with E-state index in [1.807, 2.05) is 22.6 Å². The van der Waals surface area contributed by atoms with Crippen LogP contribution in [-0.2, 0) is 9.47 Å². The number of hydrogen-bond donors (Lipinski definition) is 0. The molecule has 0 aromatic heterocycles. The number of hydrogen-bond acceptors (Lipinski definition) is 4. The Labute approximate surface area is 120 Å². The van der Waals surface area contributed by atoms with E-state index < -0.39 is 5.82 Å². The van der Waals surface area contributed by atoms with Crippen LogP contribution >= 0.6 is 22.6 Å². The number of ether oxygens (including phenoxy) is 4. The molecule has 0 bridgehead atoms. The Bertz CT molecular complexity index is 373. The Balaban J connectivity index is 2.76. The summed E-state index contributed by atoms with van der Waals surface area (Å²) in [7, 11) is 3.14. The smallest absolute Gasteiger partial charge is 0.198 e. The average molecular weight is 370 g/mol. The maximum absolute atomic E-state index is 13.9. The van der Waals surface area contributed by atoms with Crippen molar-refractivity contribution in [2.75, 3.05) is 40.6 Å². The molecule has 102 valence electrons. The highest BCUT2D eigenvalue weighted by Gasteiger charge is 2.14. The first-order valence-corrected chi connectivity index (χ1v) is 6.50. The molecule has 0 heterocycles. The van der Waals surface area contributed by atoms with E-state index in [2.05, 4.69) is 0 Å². The highest BCUT2D eigenvalue weighted by atomic mass is 127. The number of benzene rings is 1. The second-order valence-corrected chi connectivity index (χ2v) is 4.53. The van der Waals surface area contributed by atoms with Gasteiger partial charge in [0.2, 0.25) is 0 Å². The van der Waals surface area contributed by atoms with E-state index in [4.69, 9.17) is 18.9 Å². The highest BCUT2D eigenvalue weighted by Crippen LogP contribution is 2.33. The molecular formula is C12H16FIO4. The lowest BCUT2D eigenvalue weighted by atomic mass is 10.3. The standard InChI is InChI=1S/C12H16FIO4/c1-15-5-7-17-10-4-3-9(14)11(13)12(10)18-8-6-16-2/h3-4H,5-8H2,1-2H3. The Morgan fingerprint density at radius 2 is 1.61 bits per heavy atom. The van der Waals surface area contributed by atoms with Crippen molar-refractivity contribution < 1.29 is 23.3 Å². The van der Waals surface area contributed by atoms with Crippen LogP contribution in [-0.4, -0.2) is 40.6 Å². The maximum atomic E-state index is 13.9. The summed E-state index contributed by atoms with van der Waals surface area (Å²) in [6.45, 7) is 1.44. The lowest BCUT2D eigenvalue weighted by molar-refractivity contribution is 0.130. The van der Waals surface area contributed by atoms with Crippen LogP contribution in [0.15, 0.2) is 12.1 Å². The third kappa shape index (κ3) is 4.58. The predicted molar refractivity (Wildman–Crippen MR) is 73.9 cm³/mol. The number of rotatable bonds is 8. The molecule has 4 nitrogen and oxygen atoms in total. The Kier molecular flexibility index (Phi) is 7.29. The van der Waals surface area contributed by atoms with E-state index in [1.54, 1.807) is 26.4 Å². The molecular weight excluding hydrogens is 354 g/mol. The predicted octanol–water partition coefficient (Wildman–Crippen LogP) is 2.48. The van der Waals surface area contributed by atoms with Crippen LogP contribution in [0.3, 0.4) is 0 Å². The van der Waals surface area contributed by atoms with Gasteiger partial charge in [0.25, 0.3) is 0 Å². The minimum absolute atomic E-state index is 0.120. The fourth-order valence-electron chi connectivity index (χ4n) is 1.22. The molecule has 0 fully saturated rings. The molecule has 0 spiro atoms. The van der Waals surface area contributed by atoms with Gasteiger partial charge in [-0.15, -0.1) is 0 Å². The van der Waals surface area contributed by atoms with Gasteiger partial charge in [-0.2, -0.15) is 0 Å². The van der Waals surface area contributed by atoms with E-state index in [1.165, 1.54) is 0 Å². The summed E-state index contributed by atoms with van der Waals surface area (Å²) in [6.07, 6.45) is 0. The van der Waals surface area contributed by atoms with E-state index in [0.717, 1.165) is 0 Å². The fourth-order valence-corrected chi connectivity index (χ4v) is 1.65. The average Bonchev–Trinajstić information content (AvgIpc) is 2.37. The molecule has 0 atom stereocenters. The second-order valence-electron chi connectivity index (χ2n) is 3.37. The third-order valence-corrected chi connectivity index (χ3v) is 2.93. The first-order chi connectivity index (χ1) is 8.70. The number of methoxy groups -OCH3 is 2. The van der Waals surface area contributed by atoms with Gasteiger partial charge in [0, 0.05) is 14.2 Å². The first kappa shape index (κ1) is 15.5. The van der Waals surface area contributed by atoms with Gasteiger partial charge in [0.1, 0.15) is 13.2 Å². The first-order valence-electron chi connectivity index (χ1n) is 5.42. The van der Waals surface area contributed by atoms with E-state index in [9.17, 15) is 4.39 Å². The van der Waals surface area contributed by atoms with Gasteiger partial charge in [0.15, 0.2) is 17.3 Å². The van der Waals surface area contributed by atoms with Crippen molar-refractivity contribution in [3.05, 3.63) is 21.5 Å². The van der Waals surface area contributed by atoms with Gasteiger partial charge >= 0.3 is 0 Å². The lowest BCUT2D eigenvalue weighted by Crippen LogP contribution is -2.10. The molecule has 18 heavy (non-hydrogen) atoms. The van der Waals surface area contributed by atoms with Crippen molar-refractivity contribution in [2.24, 2.45) is 0 Å². The summed E-state index contributed by atoms with van der Waals surface area (Å²) in [5, 5.41) is 0. The van der Waals surface area contributed by atoms with Gasteiger partial charge < -0.3 is 18.9 Å². The maximum Gasteiger partial charge on any atom is 0.198 e. The van der Waals surface area contributed by atoms with E-state index in [-0.39, 0.29) is 12.4 Å². The molecule has 1 aromatic carbocycles. The zero-order chi connectivity index (χ0) is 13.4.